The molecule has 2 N–H and O–H groups in total. The number of halogens is 8. The number of alkyl halides is 6. The number of para-hydroxylation sites is 2. The highest BCUT2D eigenvalue weighted by atomic mass is 35.5. The summed E-state index contributed by atoms with van der Waals surface area (Å²) >= 11 is 6.11. The van der Waals surface area contributed by atoms with Crippen LogP contribution >= 0.6 is 11.6 Å². The lowest BCUT2D eigenvalue weighted by atomic mass is 10.2. The lowest BCUT2D eigenvalue weighted by Gasteiger charge is -2.12. The van der Waals surface area contributed by atoms with Crippen LogP contribution in [-0.2, 0) is 12.4 Å². The van der Waals surface area contributed by atoms with E-state index in [2.05, 4.69) is 40.5 Å². The van der Waals surface area contributed by atoms with Gasteiger partial charge in [-0.05, 0) is 67.6 Å². The maximum Gasteiger partial charge on any atom is 0.450 e. The third-order valence-electron chi connectivity index (χ3n) is 8.15. The van der Waals surface area contributed by atoms with Crippen molar-refractivity contribution >= 4 is 51.3 Å². The summed E-state index contributed by atoms with van der Waals surface area (Å²) in [5.74, 6) is -1.76. The molecule has 8 rings (SSSR count). The first-order valence-electron chi connectivity index (χ1n) is 16.6. The number of ether oxygens (including phenoxy) is 1. The maximum atomic E-state index is 14.2. The van der Waals surface area contributed by atoms with Gasteiger partial charge >= 0.3 is 12.4 Å². The Morgan fingerprint density at radius 3 is 2.21 bits per heavy atom. The molecule has 5 heterocycles. The fourth-order valence-electron chi connectivity index (χ4n) is 5.59. The summed E-state index contributed by atoms with van der Waals surface area (Å²) in [6.07, 6.45) is -5.77. The van der Waals surface area contributed by atoms with Crippen LogP contribution in [0.25, 0.3) is 34.1 Å². The van der Waals surface area contributed by atoms with E-state index < -0.39 is 29.7 Å². The van der Waals surface area contributed by atoms with Crippen LogP contribution in [0.1, 0.15) is 17.1 Å². The lowest BCUT2D eigenvalue weighted by Crippen LogP contribution is -2.15. The summed E-state index contributed by atoms with van der Waals surface area (Å²) in [4.78, 5) is 23.4. The number of imidazole rings is 2. The number of aryl methyl sites for hydroxylation is 1. The molecule has 0 bridgehead atoms. The lowest BCUT2D eigenvalue weighted by molar-refractivity contribution is -0.145. The minimum Gasteiger partial charge on any atom is -0.495 e. The number of pyridine rings is 1. The minimum absolute atomic E-state index is 0.0887. The Hall–Kier alpha value is -6.82. The van der Waals surface area contributed by atoms with Crippen LogP contribution in [0.4, 0.5) is 53.7 Å². The van der Waals surface area contributed by atoms with E-state index in [0.29, 0.717) is 28.0 Å². The molecule has 0 spiro atoms. The molecule has 0 aliphatic heterocycles. The van der Waals surface area contributed by atoms with E-state index in [9.17, 15) is 30.7 Å². The normalized spacial score (nSPS) is 11.7. The summed E-state index contributed by atoms with van der Waals surface area (Å²) < 4.78 is 103. The van der Waals surface area contributed by atoms with Gasteiger partial charge in [-0.15, -0.1) is 0 Å². The number of nitrogens with one attached hydrogen (secondary N) is 2. The smallest absolute Gasteiger partial charge is 0.450 e. The summed E-state index contributed by atoms with van der Waals surface area (Å²) in [7, 11) is 1.50. The predicted molar refractivity (Wildman–Crippen MR) is 199 cm³/mol. The van der Waals surface area contributed by atoms with Crippen molar-refractivity contribution in [3.8, 4) is 23.2 Å². The summed E-state index contributed by atoms with van der Waals surface area (Å²) in [5, 5.41) is 6.15. The van der Waals surface area contributed by atoms with Crippen molar-refractivity contribution in [2.24, 2.45) is 0 Å². The topological polar surface area (TPSA) is 120 Å². The third-order valence-corrected chi connectivity index (χ3v) is 8.45. The number of benzene rings is 3. The van der Waals surface area contributed by atoms with Crippen LogP contribution < -0.4 is 15.4 Å². The fraction of sp³-hybridized carbons (Fsp3) is 0.105. The van der Waals surface area contributed by atoms with Gasteiger partial charge in [-0.1, -0.05) is 47.5 Å². The monoisotopic (exact) mass is 806 g/mol. The molecule has 0 amide bonds. The summed E-state index contributed by atoms with van der Waals surface area (Å²) in [6.45, 7) is 1.90. The number of nitrogens with zero attached hydrogens (tertiary/aromatic N) is 8. The van der Waals surface area contributed by atoms with E-state index in [1.54, 1.807) is 54.6 Å². The second-order valence-corrected chi connectivity index (χ2v) is 12.5. The van der Waals surface area contributed by atoms with Gasteiger partial charge in [0.25, 0.3) is 0 Å². The Morgan fingerprint density at radius 2 is 1.49 bits per heavy atom. The van der Waals surface area contributed by atoms with E-state index in [0.717, 1.165) is 16.3 Å². The van der Waals surface area contributed by atoms with Crippen LogP contribution in [0.5, 0.6) is 5.75 Å². The van der Waals surface area contributed by atoms with E-state index >= 15 is 0 Å². The number of anilines is 4. The maximum absolute atomic E-state index is 14.2. The van der Waals surface area contributed by atoms with Crippen molar-refractivity contribution < 1.29 is 35.5 Å². The highest BCUT2D eigenvalue weighted by Gasteiger charge is 2.40. The van der Waals surface area contributed by atoms with Crippen molar-refractivity contribution in [2.75, 3.05) is 17.7 Å². The number of aromatic nitrogens is 8. The Kier molecular flexibility index (Phi) is 10.4. The van der Waals surface area contributed by atoms with Crippen LogP contribution in [0.2, 0.25) is 5.02 Å². The van der Waals surface area contributed by atoms with Gasteiger partial charge in [0.2, 0.25) is 11.8 Å². The van der Waals surface area contributed by atoms with Gasteiger partial charge < -0.3 is 15.4 Å². The van der Waals surface area contributed by atoms with E-state index in [1.807, 2.05) is 19.1 Å². The Bertz CT molecular complexity index is 2720. The molecule has 0 aliphatic carbocycles. The molecule has 0 atom stereocenters. The first kappa shape index (κ1) is 38.5. The number of rotatable bonds is 7. The third kappa shape index (κ3) is 8.25. The van der Waals surface area contributed by atoms with Crippen molar-refractivity contribution in [1.82, 2.24) is 38.9 Å². The zero-order valence-electron chi connectivity index (χ0n) is 29.4. The molecular formula is C38H26ClF7N10O. The minimum atomic E-state index is -4.72. The quantitative estimate of drug-likeness (QED) is 0.152. The van der Waals surface area contributed by atoms with Gasteiger partial charge in [-0.3, -0.25) is 8.97 Å². The van der Waals surface area contributed by atoms with Gasteiger partial charge in [0.15, 0.2) is 23.2 Å². The zero-order valence-corrected chi connectivity index (χ0v) is 30.2. The molecule has 290 valence electrons. The van der Waals surface area contributed by atoms with Crippen molar-refractivity contribution in [3.63, 3.8) is 0 Å². The first-order chi connectivity index (χ1) is 27.2. The summed E-state index contributed by atoms with van der Waals surface area (Å²) in [5.41, 5.74) is 1.20. The first-order valence-corrected chi connectivity index (χ1v) is 17.0. The van der Waals surface area contributed by atoms with Gasteiger partial charge in [-0.25, -0.2) is 29.3 Å². The second-order valence-electron chi connectivity index (χ2n) is 12.1. The van der Waals surface area contributed by atoms with E-state index in [4.69, 9.17) is 16.3 Å². The molecule has 0 saturated carbocycles. The fourth-order valence-corrected chi connectivity index (χ4v) is 5.84. The van der Waals surface area contributed by atoms with Crippen LogP contribution in [0, 0.1) is 12.7 Å². The average Bonchev–Trinajstić information content (AvgIpc) is 3.78. The van der Waals surface area contributed by atoms with Gasteiger partial charge in [0, 0.05) is 23.8 Å². The van der Waals surface area contributed by atoms with Gasteiger partial charge in [0.1, 0.15) is 22.9 Å². The number of methoxy groups -OCH3 is 1. The molecular weight excluding hydrogens is 781 g/mol. The van der Waals surface area contributed by atoms with Crippen molar-refractivity contribution in [2.45, 2.75) is 19.3 Å². The highest BCUT2D eigenvalue weighted by Crippen LogP contribution is 2.37. The Labute approximate surface area is 322 Å². The molecule has 8 aromatic rings. The van der Waals surface area contributed by atoms with Crippen LogP contribution in [0.3, 0.4) is 0 Å². The molecule has 0 saturated heterocycles. The molecule has 0 radical (unpaired) electrons. The predicted octanol–water partition coefficient (Wildman–Crippen LogP) is 10.2. The molecule has 0 aliphatic rings. The molecule has 11 nitrogen and oxygen atoms in total. The summed E-state index contributed by atoms with van der Waals surface area (Å²) in [6, 6.07) is 24.4. The van der Waals surface area contributed by atoms with Crippen molar-refractivity contribution in [1.29, 1.82) is 0 Å². The molecule has 0 fully saturated rings. The van der Waals surface area contributed by atoms with E-state index in [-0.39, 0.29) is 40.0 Å². The number of fused-ring (bicyclic) bond motifs is 2. The molecule has 57 heavy (non-hydrogen) atoms. The second kappa shape index (κ2) is 15.4. The molecule has 5 aromatic heterocycles. The average molecular weight is 807 g/mol. The number of hydrogen-bond acceptors (Lipinski definition) is 9. The highest BCUT2D eigenvalue weighted by molar-refractivity contribution is 6.32. The standard InChI is InChI=1S/C19H13ClF3N5O.C19H13F4N5/c1-29-15-7-6-11(10-12(15)20)25-16-8-9-24-18(27-16)28-14-5-3-2-4-13(14)26-17(28)19(21,22)23;1-11-5-7-12(8-6-11)25-17-13(20)10-24-18(27-17)15-16(19(21,22)23)26-14-4-2-3-9-28(14)15/h2-10H,1H3,(H,24,25,27);2-10H,1H3,(H,24,25,27). The SMILES string of the molecule is COc1ccc(Nc2ccnc(-n3c(C(F)(F)F)nc4ccccc43)n2)cc1Cl.Cc1ccc(Nc2nc(-c3c(C(F)(F)F)nc4ccccn34)ncc2F)cc1. The molecule has 0 unspecified atom stereocenters. The van der Waals surface area contributed by atoms with Gasteiger partial charge in [0.05, 0.1) is 29.4 Å². The molecule has 3 aromatic carbocycles. The largest absolute Gasteiger partial charge is 0.495 e. The van der Waals surface area contributed by atoms with Crippen molar-refractivity contribution in [3.05, 3.63) is 138 Å². The van der Waals surface area contributed by atoms with Gasteiger partial charge in [-0.2, -0.15) is 31.3 Å². The van der Waals surface area contributed by atoms with E-state index in [1.165, 1.54) is 48.2 Å². The zero-order chi connectivity index (χ0) is 40.5. The molecule has 19 heteroatoms. The van der Waals surface area contributed by atoms with Crippen LogP contribution in [0.15, 0.2) is 110 Å². The Morgan fingerprint density at radius 1 is 0.754 bits per heavy atom. The van der Waals surface area contributed by atoms with Crippen LogP contribution in [-0.4, -0.2) is 46.0 Å². The number of hydrogen-bond donors (Lipinski definition) is 2. The Balaban J connectivity index is 0.000000174.